The smallest absolute Gasteiger partial charge is 0.326 e. The topological polar surface area (TPSA) is 44.1 Å². The highest BCUT2D eigenvalue weighted by atomic mass is 32.2. The largest absolute Gasteiger partial charge is 0.461 e. The van der Waals surface area contributed by atoms with Crippen LogP contribution in [0.4, 0.5) is 0 Å². The number of esters is 1. The van der Waals surface area contributed by atoms with Crippen molar-refractivity contribution in [2.45, 2.75) is 50.5 Å². The first-order valence-electron chi connectivity index (χ1n) is 7.90. The number of thioether (sulfide) groups is 1. The Labute approximate surface area is 135 Å². The summed E-state index contributed by atoms with van der Waals surface area (Å²) in [7, 11) is 0. The van der Waals surface area contributed by atoms with Crippen LogP contribution >= 0.6 is 11.8 Å². The first kappa shape index (κ1) is 15.4. The number of aromatic nitrogens is 2. The highest BCUT2D eigenvalue weighted by Gasteiger charge is 2.19. The summed E-state index contributed by atoms with van der Waals surface area (Å²) in [5.74, 6) is 1.59. The maximum absolute atomic E-state index is 12.3. The second-order valence-corrected chi connectivity index (χ2v) is 6.65. The Morgan fingerprint density at radius 1 is 1.32 bits per heavy atom. The van der Waals surface area contributed by atoms with Crippen molar-refractivity contribution in [1.82, 2.24) is 9.55 Å². The molecule has 0 saturated heterocycles. The van der Waals surface area contributed by atoms with Crippen LogP contribution in [0.15, 0.2) is 24.3 Å². The van der Waals surface area contributed by atoms with Crippen LogP contribution in [0.3, 0.4) is 0 Å². The fourth-order valence-electron chi connectivity index (χ4n) is 3.08. The third-order valence-electron chi connectivity index (χ3n) is 4.14. The van der Waals surface area contributed by atoms with Gasteiger partial charge in [0.25, 0.3) is 0 Å². The Hall–Kier alpha value is -1.49. The van der Waals surface area contributed by atoms with Crippen molar-refractivity contribution in [3.05, 3.63) is 30.1 Å². The van der Waals surface area contributed by atoms with Gasteiger partial charge in [-0.1, -0.05) is 18.6 Å². The van der Waals surface area contributed by atoms with Crippen LogP contribution in [-0.2, 0) is 21.8 Å². The molecule has 0 N–H and O–H groups in total. The van der Waals surface area contributed by atoms with E-state index in [-0.39, 0.29) is 18.6 Å². The molecular formula is C17H22N2O2S. The van der Waals surface area contributed by atoms with E-state index in [2.05, 4.69) is 4.98 Å². The van der Waals surface area contributed by atoms with Crippen molar-refractivity contribution in [3.8, 4) is 0 Å². The Bertz CT molecular complexity index is 647. The van der Waals surface area contributed by atoms with E-state index in [1.54, 1.807) is 11.8 Å². The minimum atomic E-state index is -0.141. The summed E-state index contributed by atoms with van der Waals surface area (Å²) in [6, 6.07) is 7.96. The molecule has 1 aliphatic rings. The highest BCUT2D eigenvalue weighted by molar-refractivity contribution is 7.97. The number of imidazole rings is 1. The molecule has 0 aliphatic heterocycles. The van der Waals surface area contributed by atoms with Crippen molar-refractivity contribution < 1.29 is 9.53 Å². The Morgan fingerprint density at radius 2 is 2.09 bits per heavy atom. The molecule has 0 atom stereocenters. The minimum Gasteiger partial charge on any atom is -0.461 e. The van der Waals surface area contributed by atoms with Crippen molar-refractivity contribution in [3.63, 3.8) is 0 Å². The zero-order chi connectivity index (χ0) is 15.4. The molecule has 0 amide bonds. The van der Waals surface area contributed by atoms with Gasteiger partial charge in [-0.15, -0.1) is 0 Å². The Balaban J connectivity index is 1.76. The summed E-state index contributed by atoms with van der Waals surface area (Å²) in [5.41, 5.74) is 1.95. The van der Waals surface area contributed by atoms with Gasteiger partial charge in [0.1, 0.15) is 18.5 Å². The quantitative estimate of drug-likeness (QED) is 0.787. The molecule has 1 saturated carbocycles. The lowest BCUT2D eigenvalue weighted by atomic mass is 9.98. The van der Waals surface area contributed by atoms with Gasteiger partial charge in [0.05, 0.1) is 16.8 Å². The van der Waals surface area contributed by atoms with E-state index < -0.39 is 0 Å². The fraction of sp³-hybridized carbons (Fsp3) is 0.529. The summed E-state index contributed by atoms with van der Waals surface area (Å²) < 4.78 is 7.65. The molecule has 5 heteroatoms. The van der Waals surface area contributed by atoms with Gasteiger partial charge in [0.15, 0.2) is 0 Å². The number of fused-ring (bicyclic) bond motifs is 1. The second-order valence-electron chi connectivity index (χ2n) is 5.79. The van der Waals surface area contributed by atoms with E-state index in [0.717, 1.165) is 35.5 Å². The molecule has 1 aromatic heterocycles. The molecule has 4 nitrogen and oxygen atoms in total. The van der Waals surface area contributed by atoms with Crippen molar-refractivity contribution in [1.29, 1.82) is 0 Å². The zero-order valence-corrected chi connectivity index (χ0v) is 13.8. The predicted molar refractivity (Wildman–Crippen MR) is 89.9 cm³/mol. The zero-order valence-electron chi connectivity index (χ0n) is 13.0. The molecule has 3 rings (SSSR count). The van der Waals surface area contributed by atoms with Gasteiger partial charge in [-0.3, -0.25) is 4.79 Å². The molecule has 1 aromatic carbocycles. The summed E-state index contributed by atoms with van der Waals surface area (Å²) >= 11 is 1.71. The third kappa shape index (κ3) is 3.46. The summed E-state index contributed by atoms with van der Waals surface area (Å²) in [5, 5.41) is 0. The van der Waals surface area contributed by atoms with E-state index in [9.17, 15) is 4.79 Å². The van der Waals surface area contributed by atoms with Crippen LogP contribution in [0.5, 0.6) is 0 Å². The fourth-order valence-corrected chi connectivity index (χ4v) is 3.55. The SMILES string of the molecule is CSCc1nc2ccccc2n1CC(=O)OC1CCCCC1. The monoisotopic (exact) mass is 318 g/mol. The first-order valence-corrected chi connectivity index (χ1v) is 9.30. The number of nitrogens with zero attached hydrogens (tertiary/aromatic N) is 2. The molecule has 1 aliphatic carbocycles. The van der Waals surface area contributed by atoms with Gasteiger partial charge in [0, 0.05) is 0 Å². The molecular weight excluding hydrogens is 296 g/mol. The van der Waals surface area contributed by atoms with E-state index in [4.69, 9.17) is 4.74 Å². The normalized spacial score (nSPS) is 16.0. The summed E-state index contributed by atoms with van der Waals surface area (Å²) in [6.07, 6.45) is 7.78. The maximum Gasteiger partial charge on any atom is 0.326 e. The van der Waals surface area contributed by atoms with E-state index >= 15 is 0 Å². The van der Waals surface area contributed by atoms with Crippen LogP contribution in [0.2, 0.25) is 0 Å². The Morgan fingerprint density at radius 3 is 2.86 bits per heavy atom. The molecule has 0 radical (unpaired) electrons. The van der Waals surface area contributed by atoms with Crippen molar-refractivity contribution >= 4 is 28.8 Å². The number of carbonyl (C=O) groups excluding carboxylic acids is 1. The molecule has 1 fully saturated rings. The van der Waals surface area contributed by atoms with Gasteiger partial charge in [-0.05, 0) is 44.1 Å². The van der Waals surface area contributed by atoms with Crippen LogP contribution in [0.25, 0.3) is 11.0 Å². The van der Waals surface area contributed by atoms with E-state index in [0.29, 0.717) is 0 Å². The number of ether oxygens (including phenoxy) is 1. The minimum absolute atomic E-state index is 0.111. The average Bonchev–Trinajstić information content (AvgIpc) is 2.86. The van der Waals surface area contributed by atoms with Gasteiger partial charge in [-0.2, -0.15) is 11.8 Å². The predicted octanol–water partition coefficient (Wildman–Crippen LogP) is 3.78. The summed E-state index contributed by atoms with van der Waals surface area (Å²) in [4.78, 5) is 16.9. The average molecular weight is 318 g/mol. The molecule has 0 unspecified atom stereocenters. The standard InChI is InChI=1S/C17H22N2O2S/c1-22-12-16-18-14-9-5-6-10-15(14)19(16)11-17(20)21-13-7-3-2-4-8-13/h5-6,9-10,13H,2-4,7-8,11-12H2,1H3. The van der Waals surface area contributed by atoms with Crippen LogP contribution in [0, 0.1) is 0 Å². The number of rotatable bonds is 5. The molecule has 0 bridgehead atoms. The van der Waals surface area contributed by atoms with Gasteiger partial charge >= 0.3 is 5.97 Å². The molecule has 0 spiro atoms. The number of para-hydroxylation sites is 2. The Kier molecular flexibility index (Phi) is 5.03. The summed E-state index contributed by atoms with van der Waals surface area (Å²) in [6.45, 7) is 0.257. The van der Waals surface area contributed by atoms with Gasteiger partial charge in [0.2, 0.25) is 0 Å². The molecule has 22 heavy (non-hydrogen) atoms. The lowest BCUT2D eigenvalue weighted by Crippen LogP contribution is -2.24. The number of hydrogen-bond donors (Lipinski definition) is 0. The van der Waals surface area contributed by atoms with Gasteiger partial charge < -0.3 is 9.30 Å². The molecule has 2 aromatic rings. The van der Waals surface area contributed by atoms with Crippen LogP contribution < -0.4 is 0 Å². The lowest BCUT2D eigenvalue weighted by Gasteiger charge is -2.22. The molecule has 118 valence electrons. The van der Waals surface area contributed by atoms with Crippen LogP contribution in [0.1, 0.15) is 37.9 Å². The highest BCUT2D eigenvalue weighted by Crippen LogP contribution is 2.22. The number of benzene rings is 1. The number of hydrogen-bond acceptors (Lipinski definition) is 4. The maximum atomic E-state index is 12.3. The first-order chi connectivity index (χ1) is 10.8. The van der Waals surface area contributed by atoms with E-state index in [1.165, 1.54) is 19.3 Å². The molecule has 1 heterocycles. The van der Waals surface area contributed by atoms with Crippen molar-refractivity contribution in [2.75, 3.05) is 6.26 Å². The number of carbonyl (C=O) groups is 1. The van der Waals surface area contributed by atoms with Gasteiger partial charge in [-0.25, -0.2) is 4.98 Å². The van der Waals surface area contributed by atoms with Crippen molar-refractivity contribution in [2.24, 2.45) is 0 Å². The third-order valence-corrected chi connectivity index (χ3v) is 4.69. The lowest BCUT2D eigenvalue weighted by molar-refractivity contribution is -0.151. The second kappa shape index (κ2) is 7.18. The van der Waals surface area contributed by atoms with Crippen LogP contribution in [-0.4, -0.2) is 27.9 Å². The van der Waals surface area contributed by atoms with E-state index in [1.807, 2.05) is 35.1 Å².